The van der Waals surface area contributed by atoms with Crippen LogP contribution in [0.1, 0.15) is 53.2 Å². The summed E-state index contributed by atoms with van der Waals surface area (Å²) in [4.78, 5) is 26.8. The highest BCUT2D eigenvalue weighted by Crippen LogP contribution is 2.41. The number of hydrogen-bond donors (Lipinski definition) is 1. The number of nitriles is 1. The van der Waals surface area contributed by atoms with Gasteiger partial charge < -0.3 is 14.5 Å². The zero-order valence-corrected chi connectivity index (χ0v) is 20.3. The zero-order chi connectivity index (χ0) is 24.9. The molecule has 0 saturated heterocycles. The first kappa shape index (κ1) is 24.4. The van der Waals surface area contributed by atoms with Gasteiger partial charge in [0.2, 0.25) is 0 Å². The van der Waals surface area contributed by atoms with Gasteiger partial charge in [0.15, 0.2) is 0 Å². The fourth-order valence-corrected chi connectivity index (χ4v) is 5.55. The second kappa shape index (κ2) is 10.7. The van der Waals surface area contributed by atoms with E-state index in [1.54, 1.807) is 37.3 Å². The lowest BCUT2D eigenvalue weighted by molar-refractivity contribution is -0.112. The minimum Gasteiger partial charge on any atom is -0.462 e. The first-order valence-electron chi connectivity index (χ1n) is 11.5. The van der Waals surface area contributed by atoms with Gasteiger partial charge in [-0.1, -0.05) is 25.5 Å². The van der Waals surface area contributed by atoms with Crippen molar-refractivity contribution in [3.63, 3.8) is 0 Å². The normalized spacial score (nSPS) is 15.3. The van der Waals surface area contributed by atoms with Crippen LogP contribution in [0.4, 0.5) is 9.39 Å². The van der Waals surface area contributed by atoms with E-state index in [-0.39, 0.29) is 29.3 Å². The Morgan fingerprint density at radius 1 is 1.29 bits per heavy atom. The van der Waals surface area contributed by atoms with E-state index in [0.717, 1.165) is 36.1 Å². The van der Waals surface area contributed by atoms with E-state index in [2.05, 4.69) is 12.2 Å². The van der Waals surface area contributed by atoms with Crippen molar-refractivity contribution in [2.75, 3.05) is 11.9 Å². The molecule has 0 spiro atoms. The topological polar surface area (TPSA) is 92.3 Å². The van der Waals surface area contributed by atoms with Crippen LogP contribution < -0.4 is 5.32 Å². The SMILES string of the molecule is CCOC(=O)c1c(NC(=O)/C(C#N)=C/c2ccc(-c3ccccc3F)o2)sc2c1CCC(CC)C2. The molecule has 2 heterocycles. The molecule has 1 aromatic carbocycles. The van der Waals surface area contributed by atoms with Gasteiger partial charge in [-0.25, -0.2) is 9.18 Å². The van der Waals surface area contributed by atoms with E-state index in [0.29, 0.717) is 16.5 Å². The van der Waals surface area contributed by atoms with E-state index < -0.39 is 17.7 Å². The number of hydrogen-bond acceptors (Lipinski definition) is 6. The Kier molecular flexibility index (Phi) is 7.47. The molecular weight excluding hydrogens is 467 g/mol. The quantitative estimate of drug-likeness (QED) is 0.235. The van der Waals surface area contributed by atoms with Crippen LogP contribution in [-0.2, 0) is 22.4 Å². The number of amides is 1. The molecule has 0 saturated carbocycles. The smallest absolute Gasteiger partial charge is 0.341 e. The molecule has 1 unspecified atom stereocenters. The summed E-state index contributed by atoms with van der Waals surface area (Å²) in [6.07, 6.45) is 4.93. The molecule has 3 aromatic rings. The van der Waals surface area contributed by atoms with Crippen LogP contribution >= 0.6 is 11.3 Å². The van der Waals surface area contributed by atoms with Crippen LogP contribution in [0.5, 0.6) is 0 Å². The van der Waals surface area contributed by atoms with Gasteiger partial charge in [0, 0.05) is 11.0 Å². The lowest BCUT2D eigenvalue weighted by atomic mass is 9.85. The average Bonchev–Trinajstić information content (AvgIpc) is 3.46. The molecule has 1 aliphatic rings. The van der Waals surface area contributed by atoms with Crippen molar-refractivity contribution in [3.8, 4) is 17.4 Å². The number of benzene rings is 1. The van der Waals surface area contributed by atoms with Crippen molar-refractivity contribution >= 4 is 34.3 Å². The second-order valence-electron chi connectivity index (χ2n) is 8.25. The molecule has 1 N–H and O–H groups in total. The summed E-state index contributed by atoms with van der Waals surface area (Å²) in [6.45, 7) is 4.10. The standard InChI is InChI=1S/C27H25FN2O4S/c1-3-16-9-11-20-23(13-16)35-26(24(20)27(32)33-4-2)30-25(31)17(15-29)14-18-10-12-22(34-18)19-7-5-6-8-21(19)28/h5-8,10,12,14,16H,3-4,9,11,13H2,1-2H3,(H,30,31)/b17-14+. The van der Waals surface area contributed by atoms with Crippen LogP contribution in [0, 0.1) is 23.1 Å². The van der Waals surface area contributed by atoms with Crippen LogP contribution in [0.2, 0.25) is 0 Å². The molecule has 8 heteroatoms. The van der Waals surface area contributed by atoms with E-state index >= 15 is 0 Å². The zero-order valence-electron chi connectivity index (χ0n) is 19.5. The van der Waals surface area contributed by atoms with E-state index in [1.807, 2.05) is 6.07 Å². The first-order valence-corrected chi connectivity index (χ1v) is 12.4. The lowest BCUT2D eigenvalue weighted by Gasteiger charge is -2.20. The molecule has 1 atom stereocenters. The monoisotopic (exact) mass is 492 g/mol. The van der Waals surface area contributed by atoms with Gasteiger partial charge in [0.1, 0.15) is 34.0 Å². The highest BCUT2D eigenvalue weighted by atomic mass is 32.1. The fraction of sp³-hybridized carbons (Fsp3) is 0.296. The maximum Gasteiger partial charge on any atom is 0.341 e. The Labute approximate surface area is 207 Å². The number of esters is 1. The van der Waals surface area contributed by atoms with E-state index in [9.17, 15) is 19.2 Å². The third-order valence-corrected chi connectivity index (χ3v) is 7.24. The summed E-state index contributed by atoms with van der Waals surface area (Å²) in [5.74, 6) is -0.512. The van der Waals surface area contributed by atoms with Crippen molar-refractivity contribution in [2.24, 2.45) is 5.92 Å². The van der Waals surface area contributed by atoms with E-state index in [4.69, 9.17) is 9.15 Å². The molecule has 35 heavy (non-hydrogen) atoms. The summed E-state index contributed by atoms with van der Waals surface area (Å²) in [5.41, 5.74) is 1.39. The van der Waals surface area contributed by atoms with Gasteiger partial charge in [-0.15, -0.1) is 11.3 Å². The predicted molar refractivity (Wildman–Crippen MR) is 132 cm³/mol. The maximum atomic E-state index is 14.1. The number of nitrogens with zero attached hydrogens (tertiary/aromatic N) is 1. The molecule has 6 nitrogen and oxygen atoms in total. The summed E-state index contributed by atoms with van der Waals surface area (Å²) < 4.78 is 25.0. The largest absolute Gasteiger partial charge is 0.462 e. The molecule has 1 aliphatic carbocycles. The molecule has 0 radical (unpaired) electrons. The van der Waals surface area contributed by atoms with Crippen LogP contribution in [0.25, 0.3) is 17.4 Å². The van der Waals surface area contributed by atoms with Gasteiger partial charge in [-0.3, -0.25) is 4.79 Å². The van der Waals surface area contributed by atoms with Crippen molar-refractivity contribution in [2.45, 2.75) is 39.5 Å². The van der Waals surface area contributed by atoms with Gasteiger partial charge in [-0.2, -0.15) is 5.26 Å². The van der Waals surface area contributed by atoms with Crippen LogP contribution in [-0.4, -0.2) is 18.5 Å². The predicted octanol–water partition coefficient (Wildman–Crippen LogP) is 6.38. The molecule has 0 fully saturated rings. The van der Waals surface area contributed by atoms with Gasteiger partial charge in [0.05, 0.1) is 17.7 Å². The van der Waals surface area contributed by atoms with Crippen molar-refractivity contribution in [1.29, 1.82) is 5.26 Å². The van der Waals surface area contributed by atoms with Crippen LogP contribution in [0.15, 0.2) is 46.4 Å². The van der Waals surface area contributed by atoms with Gasteiger partial charge >= 0.3 is 5.97 Å². The molecule has 2 aromatic heterocycles. The number of carbonyl (C=O) groups excluding carboxylic acids is 2. The minimum absolute atomic E-state index is 0.202. The van der Waals surface area contributed by atoms with Crippen molar-refractivity contribution < 1.29 is 23.1 Å². The van der Waals surface area contributed by atoms with Gasteiger partial charge in [-0.05, 0) is 61.9 Å². The maximum absolute atomic E-state index is 14.1. The number of anilines is 1. The number of ether oxygens (including phenoxy) is 1. The highest BCUT2D eigenvalue weighted by Gasteiger charge is 2.30. The second-order valence-corrected chi connectivity index (χ2v) is 9.36. The molecule has 1 amide bonds. The minimum atomic E-state index is -0.660. The Morgan fingerprint density at radius 3 is 2.80 bits per heavy atom. The fourth-order valence-electron chi connectivity index (χ4n) is 4.21. The van der Waals surface area contributed by atoms with Crippen molar-refractivity contribution in [3.05, 3.63) is 69.6 Å². The third-order valence-electron chi connectivity index (χ3n) is 6.07. The third kappa shape index (κ3) is 5.20. The summed E-state index contributed by atoms with van der Waals surface area (Å²) in [7, 11) is 0. The average molecular weight is 493 g/mol. The Balaban J connectivity index is 1.61. The Hall–Kier alpha value is -3.70. The number of halogens is 1. The van der Waals surface area contributed by atoms with Crippen LogP contribution in [0.3, 0.4) is 0 Å². The number of carbonyl (C=O) groups is 2. The molecule has 0 bridgehead atoms. The number of rotatable bonds is 7. The van der Waals surface area contributed by atoms with Gasteiger partial charge in [0.25, 0.3) is 5.91 Å². The molecular formula is C27H25FN2O4S. The lowest BCUT2D eigenvalue weighted by Crippen LogP contribution is -2.17. The van der Waals surface area contributed by atoms with Crippen molar-refractivity contribution in [1.82, 2.24) is 0 Å². The Morgan fingerprint density at radius 2 is 2.09 bits per heavy atom. The summed E-state index contributed by atoms with van der Waals surface area (Å²) in [6, 6.07) is 11.2. The Bertz CT molecular complexity index is 1330. The highest BCUT2D eigenvalue weighted by molar-refractivity contribution is 7.17. The summed E-state index contributed by atoms with van der Waals surface area (Å²) in [5, 5.41) is 12.8. The number of nitrogens with one attached hydrogen (secondary N) is 1. The number of fused-ring (bicyclic) bond motifs is 1. The first-order chi connectivity index (χ1) is 16.9. The molecule has 4 rings (SSSR count). The van der Waals surface area contributed by atoms with E-state index in [1.165, 1.54) is 23.5 Å². The summed E-state index contributed by atoms with van der Waals surface area (Å²) >= 11 is 1.37. The molecule has 0 aliphatic heterocycles. The number of thiophene rings is 1. The number of furan rings is 1. The molecule has 180 valence electrons.